The van der Waals surface area contributed by atoms with Gasteiger partial charge in [-0.1, -0.05) is 213 Å². The third-order valence-corrected chi connectivity index (χ3v) is 13.7. The largest absolute Gasteiger partial charge is 0.462 e. The maximum Gasteiger partial charge on any atom is 0.306 e. The first-order valence-corrected chi connectivity index (χ1v) is 29.0. The number of esters is 3. The Kier molecular flexibility index (Phi) is 48.4. The molecular formula is C57H110O12. The number of hydrogen-bond donors (Lipinski definition) is 6. The highest BCUT2D eigenvalue weighted by Crippen LogP contribution is 2.19. The monoisotopic (exact) mass is 987 g/mol. The molecule has 0 fully saturated rings. The van der Waals surface area contributed by atoms with E-state index in [0.29, 0.717) is 57.8 Å². The van der Waals surface area contributed by atoms with Crippen molar-refractivity contribution in [3.8, 4) is 0 Å². The Morgan fingerprint density at radius 1 is 0.290 bits per heavy atom. The van der Waals surface area contributed by atoms with Crippen molar-refractivity contribution in [3.05, 3.63) is 0 Å². The van der Waals surface area contributed by atoms with Gasteiger partial charge >= 0.3 is 17.9 Å². The van der Waals surface area contributed by atoms with Gasteiger partial charge in [-0.25, -0.2) is 0 Å². The predicted octanol–water partition coefficient (Wildman–Crippen LogP) is 12.6. The molecule has 0 heterocycles. The van der Waals surface area contributed by atoms with E-state index in [1.807, 2.05) is 0 Å². The van der Waals surface area contributed by atoms with E-state index in [4.69, 9.17) is 14.2 Å². The summed E-state index contributed by atoms with van der Waals surface area (Å²) in [7, 11) is 0. The molecule has 0 aromatic heterocycles. The van der Waals surface area contributed by atoms with Gasteiger partial charge in [0.1, 0.15) is 13.2 Å². The third-order valence-electron chi connectivity index (χ3n) is 13.7. The minimum absolute atomic E-state index is 0.183. The van der Waals surface area contributed by atoms with Gasteiger partial charge < -0.3 is 44.8 Å². The molecule has 69 heavy (non-hydrogen) atoms. The van der Waals surface area contributed by atoms with Crippen LogP contribution >= 0.6 is 0 Å². The van der Waals surface area contributed by atoms with E-state index in [1.165, 1.54) is 77.0 Å². The summed E-state index contributed by atoms with van der Waals surface area (Å²) in [4.78, 5) is 38.2. The second-order valence-corrected chi connectivity index (χ2v) is 20.5. The van der Waals surface area contributed by atoms with Gasteiger partial charge in [-0.2, -0.15) is 0 Å². The molecule has 0 spiro atoms. The molecule has 12 nitrogen and oxygen atoms in total. The zero-order valence-electron chi connectivity index (χ0n) is 44.8. The quantitative estimate of drug-likeness (QED) is 0.0192. The SMILES string of the molecule is CCCCCCCCC(O)C(O)CCCCCCCC(=O)OCC(COC(=O)CCCCCCCC(O)C(O)CCCCCCCC)OC(=O)CCCCCCCC(O)C(O)CCCCCCCC. The molecule has 0 aliphatic heterocycles. The third kappa shape index (κ3) is 44.6. The maximum absolute atomic E-state index is 12.9. The molecule has 0 aromatic carbocycles. The summed E-state index contributed by atoms with van der Waals surface area (Å²) in [5.74, 6) is -1.26. The Bertz CT molecular complexity index is 1080. The van der Waals surface area contributed by atoms with E-state index in [1.54, 1.807) is 0 Å². The fourth-order valence-corrected chi connectivity index (χ4v) is 8.89. The molecule has 0 saturated heterocycles. The summed E-state index contributed by atoms with van der Waals surface area (Å²) in [5, 5.41) is 62.0. The molecule has 0 bridgehead atoms. The molecule has 0 aliphatic carbocycles. The summed E-state index contributed by atoms with van der Waals surface area (Å²) in [5.41, 5.74) is 0. The summed E-state index contributed by atoms with van der Waals surface area (Å²) in [6.07, 6.45) is 32.1. The Morgan fingerprint density at radius 2 is 0.493 bits per heavy atom. The molecule has 0 aliphatic rings. The van der Waals surface area contributed by atoms with Crippen LogP contribution in [0.5, 0.6) is 0 Å². The first-order valence-electron chi connectivity index (χ1n) is 29.0. The number of aliphatic hydroxyl groups excluding tert-OH is 6. The van der Waals surface area contributed by atoms with Crippen LogP contribution < -0.4 is 0 Å². The standard InChI is InChI=1S/C57H110O12/c1-4-7-10-13-19-28-37-49(58)52(61)40-31-22-16-25-34-43-55(64)67-46-48(69-57(66)45-36-27-18-24-33-42-54(63)51(60)39-30-21-15-12-9-6-3)47-68-56(65)44-35-26-17-23-32-41-53(62)50(59)38-29-20-14-11-8-5-2/h48-54,58-63H,4-47H2,1-3H3. The van der Waals surface area contributed by atoms with Crippen LogP contribution in [0.25, 0.3) is 0 Å². The smallest absolute Gasteiger partial charge is 0.306 e. The van der Waals surface area contributed by atoms with Crippen molar-refractivity contribution in [2.45, 2.75) is 333 Å². The van der Waals surface area contributed by atoms with Crippen LogP contribution in [0, 0.1) is 0 Å². The number of rotatable bonds is 53. The van der Waals surface area contributed by atoms with Gasteiger partial charge in [-0.15, -0.1) is 0 Å². The number of aliphatic hydroxyl groups is 6. The van der Waals surface area contributed by atoms with Crippen LogP contribution in [-0.2, 0) is 28.6 Å². The van der Waals surface area contributed by atoms with Gasteiger partial charge in [0.05, 0.1) is 36.6 Å². The molecule has 0 aromatic rings. The molecule has 0 amide bonds. The van der Waals surface area contributed by atoms with Gasteiger partial charge in [0, 0.05) is 19.3 Å². The van der Waals surface area contributed by atoms with E-state index in [-0.39, 0.29) is 32.5 Å². The van der Waals surface area contributed by atoms with Crippen molar-refractivity contribution >= 4 is 17.9 Å². The van der Waals surface area contributed by atoms with Crippen molar-refractivity contribution in [2.75, 3.05) is 13.2 Å². The number of hydrogen-bond acceptors (Lipinski definition) is 12. The maximum atomic E-state index is 12.9. The van der Waals surface area contributed by atoms with Crippen molar-refractivity contribution < 1.29 is 59.2 Å². The van der Waals surface area contributed by atoms with E-state index in [2.05, 4.69) is 20.8 Å². The van der Waals surface area contributed by atoms with Crippen molar-refractivity contribution in [2.24, 2.45) is 0 Å². The van der Waals surface area contributed by atoms with E-state index >= 15 is 0 Å². The molecule has 410 valence electrons. The first kappa shape index (κ1) is 67.2. The second-order valence-electron chi connectivity index (χ2n) is 20.5. The lowest BCUT2D eigenvalue weighted by atomic mass is 9.99. The summed E-state index contributed by atoms with van der Waals surface area (Å²) < 4.78 is 16.6. The van der Waals surface area contributed by atoms with E-state index in [0.717, 1.165) is 116 Å². The zero-order valence-corrected chi connectivity index (χ0v) is 44.8. The van der Waals surface area contributed by atoms with Crippen LogP contribution in [0.4, 0.5) is 0 Å². The lowest BCUT2D eigenvalue weighted by Crippen LogP contribution is -2.30. The Morgan fingerprint density at radius 3 is 0.739 bits per heavy atom. The summed E-state index contributed by atoms with van der Waals surface area (Å²) in [6.45, 7) is 6.17. The van der Waals surface area contributed by atoms with Crippen LogP contribution in [0.3, 0.4) is 0 Å². The van der Waals surface area contributed by atoms with Crippen molar-refractivity contribution in [1.82, 2.24) is 0 Å². The minimum Gasteiger partial charge on any atom is -0.462 e. The Labute approximate surface area is 422 Å². The van der Waals surface area contributed by atoms with Crippen molar-refractivity contribution in [3.63, 3.8) is 0 Å². The van der Waals surface area contributed by atoms with E-state index in [9.17, 15) is 45.0 Å². The summed E-state index contributed by atoms with van der Waals surface area (Å²) >= 11 is 0. The lowest BCUT2D eigenvalue weighted by molar-refractivity contribution is -0.167. The topological polar surface area (TPSA) is 200 Å². The molecule has 0 radical (unpaired) electrons. The lowest BCUT2D eigenvalue weighted by Gasteiger charge is -2.18. The van der Waals surface area contributed by atoms with Crippen molar-refractivity contribution in [1.29, 1.82) is 0 Å². The molecule has 0 rings (SSSR count). The average Bonchev–Trinajstić information content (AvgIpc) is 3.34. The van der Waals surface area contributed by atoms with Crippen LogP contribution in [0.15, 0.2) is 0 Å². The van der Waals surface area contributed by atoms with Gasteiger partial charge in [0.15, 0.2) is 6.10 Å². The van der Waals surface area contributed by atoms with Crippen LogP contribution in [0.2, 0.25) is 0 Å². The van der Waals surface area contributed by atoms with Crippen LogP contribution in [-0.4, -0.2) is 104 Å². The minimum atomic E-state index is -0.916. The number of ether oxygens (including phenoxy) is 3. The van der Waals surface area contributed by atoms with Gasteiger partial charge in [0.2, 0.25) is 0 Å². The highest BCUT2D eigenvalue weighted by molar-refractivity contribution is 5.71. The van der Waals surface area contributed by atoms with Crippen LogP contribution in [0.1, 0.15) is 290 Å². The molecule has 6 atom stereocenters. The second kappa shape index (κ2) is 49.7. The Hall–Kier alpha value is -1.83. The Balaban J connectivity index is 4.62. The highest BCUT2D eigenvalue weighted by atomic mass is 16.6. The first-order chi connectivity index (χ1) is 33.4. The normalized spacial score (nSPS) is 14.7. The summed E-state index contributed by atoms with van der Waals surface area (Å²) in [6, 6.07) is 0. The number of carbonyl (C=O) groups excluding carboxylic acids is 3. The molecule has 12 heteroatoms. The van der Waals surface area contributed by atoms with Gasteiger partial charge in [-0.05, 0) is 57.8 Å². The van der Waals surface area contributed by atoms with E-state index < -0.39 is 60.6 Å². The highest BCUT2D eigenvalue weighted by Gasteiger charge is 2.21. The number of unbranched alkanes of at least 4 members (excludes halogenated alkanes) is 27. The average molecular weight is 987 g/mol. The van der Waals surface area contributed by atoms with Gasteiger partial charge in [0.25, 0.3) is 0 Å². The van der Waals surface area contributed by atoms with Gasteiger partial charge in [-0.3, -0.25) is 14.4 Å². The predicted molar refractivity (Wildman–Crippen MR) is 279 cm³/mol. The fraction of sp³-hybridized carbons (Fsp3) is 0.947. The fourth-order valence-electron chi connectivity index (χ4n) is 8.89. The molecule has 6 unspecified atom stereocenters. The zero-order chi connectivity index (χ0) is 51.0. The molecular weight excluding hydrogens is 877 g/mol. The molecule has 0 saturated carbocycles. The number of carbonyl (C=O) groups is 3. The molecule has 6 N–H and O–H groups in total.